The van der Waals surface area contributed by atoms with Crippen LogP contribution in [0.1, 0.15) is 43.0 Å². The Kier molecular flexibility index (Phi) is 4.10. The topological polar surface area (TPSA) is 43.4 Å². The molecule has 6 rings (SSSR count). The van der Waals surface area contributed by atoms with E-state index in [0.29, 0.717) is 22.6 Å². The highest BCUT2D eigenvalue weighted by Gasteiger charge is 2.51. The molecule has 154 valence electrons. The summed E-state index contributed by atoms with van der Waals surface area (Å²) < 4.78 is 6.25. The molecule has 0 saturated heterocycles. The Morgan fingerprint density at radius 2 is 1.03 bits per heavy atom. The van der Waals surface area contributed by atoms with Crippen LogP contribution in [-0.4, -0.2) is 10.5 Å². The van der Waals surface area contributed by atoms with Crippen molar-refractivity contribution in [3.8, 4) is 22.6 Å². The average Bonchev–Trinajstić information content (AvgIpc) is 3.10. The first-order valence-corrected chi connectivity index (χ1v) is 10.8. The highest BCUT2D eigenvalue weighted by Crippen LogP contribution is 2.62. The van der Waals surface area contributed by atoms with Crippen LogP contribution in [0.4, 0.5) is 0 Å². The summed E-state index contributed by atoms with van der Waals surface area (Å²) >= 11 is 11.7. The van der Waals surface area contributed by atoms with Gasteiger partial charge in [0.2, 0.25) is 0 Å². The third-order valence-corrected chi connectivity index (χ3v) is 6.83. The number of ether oxygens (including phenoxy) is 1. The van der Waals surface area contributed by atoms with E-state index >= 15 is 0 Å². The van der Waals surface area contributed by atoms with Gasteiger partial charge < -0.3 is 4.74 Å². The Morgan fingerprint density at radius 3 is 1.47 bits per heavy atom. The molecule has 5 heteroatoms. The first-order valence-electron chi connectivity index (χ1n) is 10.1. The molecule has 1 spiro atoms. The zero-order valence-electron chi connectivity index (χ0n) is 16.6. The lowest BCUT2D eigenvalue weighted by molar-refractivity contribution is 0.107. The molecule has 1 aliphatic heterocycles. The van der Waals surface area contributed by atoms with E-state index in [-0.39, 0.29) is 0 Å². The van der Waals surface area contributed by atoms with Crippen molar-refractivity contribution in [2.75, 3.05) is 0 Å². The Morgan fingerprint density at radius 1 is 0.594 bits per heavy atom. The van der Waals surface area contributed by atoms with Gasteiger partial charge in [0.05, 0.1) is 5.41 Å². The number of fused-ring (bicyclic) bond motifs is 9. The molecule has 0 bridgehead atoms. The van der Waals surface area contributed by atoms with Gasteiger partial charge >= 0.3 is 0 Å². The number of hydrogen-bond donors (Lipinski definition) is 0. The van der Waals surface area contributed by atoms with E-state index in [4.69, 9.17) is 27.9 Å². The lowest BCUT2D eigenvalue weighted by Gasteiger charge is -2.39. The summed E-state index contributed by atoms with van der Waals surface area (Å²) in [5.74, 6) is 1.27. The van der Waals surface area contributed by atoms with Crippen LogP contribution in [0.5, 0.6) is 11.5 Å². The Bertz CT molecular complexity index is 1360. The molecule has 0 amide bonds. The van der Waals surface area contributed by atoms with Crippen LogP contribution >= 0.6 is 23.2 Å². The Labute approximate surface area is 194 Å². The first-order chi connectivity index (χ1) is 15.5. The lowest BCUT2D eigenvalue weighted by Crippen LogP contribution is -2.32. The summed E-state index contributed by atoms with van der Waals surface area (Å²) in [5, 5.41) is -1.09. The average molecular weight is 457 g/mol. The van der Waals surface area contributed by atoms with E-state index in [1.54, 1.807) is 36.4 Å². The third-order valence-electron chi connectivity index (χ3n) is 6.39. The molecule has 0 unspecified atom stereocenters. The van der Waals surface area contributed by atoms with E-state index < -0.39 is 15.9 Å². The quantitative estimate of drug-likeness (QED) is 0.265. The maximum atomic E-state index is 12.1. The highest BCUT2D eigenvalue weighted by molar-refractivity contribution is 6.68. The van der Waals surface area contributed by atoms with Gasteiger partial charge in [-0.15, -0.1) is 0 Å². The summed E-state index contributed by atoms with van der Waals surface area (Å²) in [7, 11) is 0. The molecule has 0 radical (unpaired) electrons. The molecule has 0 atom stereocenters. The lowest BCUT2D eigenvalue weighted by atomic mass is 9.65. The SMILES string of the molecule is O=C(Cl)c1ccc2c(c1)C1(c3cc(C(=O)Cl)ccc3O2)c2ccccc2-c2ccccc21. The van der Waals surface area contributed by atoms with Crippen molar-refractivity contribution in [1.29, 1.82) is 0 Å². The van der Waals surface area contributed by atoms with Gasteiger partial charge in [0.15, 0.2) is 0 Å². The number of rotatable bonds is 2. The predicted molar refractivity (Wildman–Crippen MR) is 124 cm³/mol. The number of carbonyl (C=O) groups excluding carboxylic acids is 2. The molecule has 4 aromatic carbocycles. The standard InChI is InChI=1S/C27H14Cl2O3/c28-25(30)15-9-11-23-21(13-15)27(22-14-16(26(29)31)10-12-24(22)32-23)19-7-3-1-5-17(19)18-6-2-4-8-20(18)27/h1-14H. The van der Waals surface area contributed by atoms with Crippen LogP contribution in [0, 0.1) is 0 Å². The number of benzene rings is 4. The van der Waals surface area contributed by atoms with Crippen molar-refractivity contribution in [2.24, 2.45) is 0 Å². The molecular formula is C27H14Cl2O3. The van der Waals surface area contributed by atoms with Crippen molar-refractivity contribution >= 4 is 33.7 Å². The fraction of sp³-hybridized carbons (Fsp3) is 0.0370. The fourth-order valence-corrected chi connectivity index (χ4v) is 5.38. The van der Waals surface area contributed by atoms with Gasteiger partial charge in [-0.2, -0.15) is 0 Å². The van der Waals surface area contributed by atoms with Gasteiger partial charge in [0, 0.05) is 22.3 Å². The minimum absolute atomic E-state index is 0.378. The minimum Gasteiger partial charge on any atom is -0.457 e. The van der Waals surface area contributed by atoms with E-state index in [1.165, 1.54) is 0 Å². The van der Waals surface area contributed by atoms with Crippen molar-refractivity contribution in [3.63, 3.8) is 0 Å². The molecule has 0 N–H and O–H groups in total. The van der Waals surface area contributed by atoms with Crippen molar-refractivity contribution in [3.05, 3.63) is 118 Å². The second-order valence-corrected chi connectivity index (χ2v) is 8.60. The van der Waals surface area contributed by atoms with Crippen LogP contribution in [0.25, 0.3) is 11.1 Å². The highest BCUT2D eigenvalue weighted by atomic mass is 35.5. The number of hydrogen-bond acceptors (Lipinski definition) is 3. The van der Waals surface area contributed by atoms with E-state index in [1.807, 2.05) is 24.3 Å². The zero-order valence-corrected chi connectivity index (χ0v) is 18.1. The maximum Gasteiger partial charge on any atom is 0.252 e. The van der Waals surface area contributed by atoms with Crippen molar-refractivity contribution in [2.45, 2.75) is 5.41 Å². The van der Waals surface area contributed by atoms with Gasteiger partial charge in [-0.05, 0) is 81.9 Å². The van der Waals surface area contributed by atoms with Crippen LogP contribution in [-0.2, 0) is 5.41 Å². The predicted octanol–water partition coefficient (Wildman–Crippen LogP) is 6.91. The molecule has 1 aliphatic carbocycles. The second-order valence-electron chi connectivity index (χ2n) is 7.91. The van der Waals surface area contributed by atoms with Crippen LogP contribution in [0.3, 0.4) is 0 Å². The van der Waals surface area contributed by atoms with Gasteiger partial charge in [0.1, 0.15) is 11.5 Å². The molecule has 0 aromatic heterocycles. The van der Waals surface area contributed by atoms with Gasteiger partial charge in [-0.25, -0.2) is 0 Å². The number of halogens is 2. The van der Waals surface area contributed by atoms with E-state index in [9.17, 15) is 9.59 Å². The second kappa shape index (κ2) is 6.80. The molecular weight excluding hydrogens is 443 g/mol. The van der Waals surface area contributed by atoms with Crippen molar-refractivity contribution in [1.82, 2.24) is 0 Å². The minimum atomic E-state index is -0.791. The van der Waals surface area contributed by atoms with Crippen LogP contribution in [0.15, 0.2) is 84.9 Å². The first kappa shape index (κ1) is 19.3. The van der Waals surface area contributed by atoms with Crippen molar-refractivity contribution < 1.29 is 14.3 Å². The summed E-state index contributed by atoms with van der Waals surface area (Å²) in [6, 6.07) is 26.8. The Hall–Kier alpha value is -3.40. The molecule has 4 aromatic rings. The molecule has 3 nitrogen and oxygen atoms in total. The smallest absolute Gasteiger partial charge is 0.252 e. The fourth-order valence-electron chi connectivity index (χ4n) is 5.15. The Balaban J connectivity index is 1.82. The van der Waals surface area contributed by atoms with Gasteiger partial charge in [0.25, 0.3) is 10.5 Å². The van der Waals surface area contributed by atoms with E-state index in [0.717, 1.165) is 33.4 Å². The zero-order chi connectivity index (χ0) is 22.0. The van der Waals surface area contributed by atoms with E-state index in [2.05, 4.69) is 24.3 Å². The summed E-state index contributed by atoms with van der Waals surface area (Å²) in [4.78, 5) is 24.2. The van der Waals surface area contributed by atoms with Gasteiger partial charge in [-0.1, -0.05) is 48.5 Å². The van der Waals surface area contributed by atoms with Crippen LogP contribution in [0.2, 0.25) is 0 Å². The largest absolute Gasteiger partial charge is 0.457 e. The number of carbonyl (C=O) groups is 2. The molecule has 0 saturated carbocycles. The summed E-state index contributed by atoms with van der Waals surface area (Å²) in [6.45, 7) is 0. The maximum absolute atomic E-state index is 12.1. The summed E-state index contributed by atoms with van der Waals surface area (Å²) in [6.07, 6.45) is 0. The molecule has 32 heavy (non-hydrogen) atoms. The summed E-state index contributed by atoms with van der Waals surface area (Å²) in [5.41, 5.74) is 5.84. The van der Waals surface area contributed by atoms with Crippen LogP contribution < -0.4 is 4.74 Å². The molecule has 2 aliphatic rings. The molecule has 1 heterocycles. The normalized spacial score (nSPS) is 14.1. The monoisotopic (exact) mass is 456 g/mol. The third kappa shape index (κ3) is 2.44. The molecule has 0 fully saturated rings. The van der Waals surface area contributed by atoms with Gasteiger partial charge in [-0.3, -0.25) is 9.59 Å².